The lowest BCUT2D eigenvalue weighted by molar-refractivity contribution is -0.133. The van der Waals surface area contributed by atoms with Crippen molar-refractivity contribution >= 4 is 27.5 Å². The molecular weight excluding hydrogens is 356 g/mol. The van der Waals surface area contributed by atoms with Gasteiger partial charge in [0.2, 0.25) is 0 Å². The molecule has 28 heavy (non-hydrogen) atoms. The van der Waals surface area contributed by atoms with Crippen LogP contribution < -0.4 is 15.0 Å². The highest BCUT2D eigenvalue weighted by atomic mass is 16.5. The Morgan fingerprint density at radius 3 is 2.39 bits per heavy atom. The number of fused-ring (bicyclic) bond motifs is 2. The summed E-state index contributed by atoms with van der Waals surface area (Å²) in [6, 6.07) is 18.3. The summed E-state index contributed by atoms with van der Waals surface area (Å²) in [5.41, 5.74) is 0.307. The first-order valence-corrected chi connectivity index (χ1v) is 8.78. The summed E-state index contributed by atoms with van der Waals surface area (Å²) in [4.78, 5) is 24.7. The molecule has 0 saturated carbocycles. The molecule has 0 radical (unpaired) electrons. The fraction of sp³-hybridized carbons (Fsp3) is 0.136. The number of hydrogen-bond donors (Lipinski definition) is 0. The molecule has 6 nitrogen and oxygen atoms in total. The third kappa shape index (κ3) is 3.32. The largest absolute Gasteiger partial charge is 0.497 e. The highest BCUT2D eigenvalue weighted by molar-refractivity contribution is 5.88. The molecule has 0 aliphatic carbocycles. The normalized spacial score (nSPS) is 10.9. The van der Waals surface area contributed by atoms with Crippen LogP contribution in [0.1, 0.15) is 5.69 Å². The molecule has 0 fully saturated rings. The zero-order valence-electron chi connectivity index (χ0n) is 15.5. The molecule has 0 N–H and O–H groups in total. The van der Waals surface area contributed by atoms with E-state index in [-0.39, 0.29) is 12.0 Å². The number of methoxy groups -OCH3 is 1. The van der Waals surface area contributed by atoms with Gasteiger partial charge in [-0.15, -0.1) is 0 Å². The van der Waals surface area contributed by atoms with Gasteiger partial charge in [-0.3, -0.25) is 9.59 Å². The van der Waals surface area contributed by atoms with Gasteiger partial charge < -0.3 is 9.47 Å². The van der Waals surface area contributed by atoms with Crippen molar-refractivity contribution < 1.29 is 14.3 Å². The number of aryl methyl sites for hydroxylation is 1. The van der Waals surface area contributed by atoms with Crippen LogP contribution in [0.25, 0.3) is 21.5 Å². The van der Waals surface area contributed by atoms with Gasteiger partial charge >= 0.3 is 5.97 Å². The number of rotatable bonds is 4. The molecule has 4 aromatic rings. The molecule has 0 saturated heterocycles. The van der Waals surface area contributed by atoms with Crippen molar-refractivity contribution in [2.45, 2.75) is 6.42 Å². The van der Waals surface area contributed by atoms with Crippen molar-refractivity contribution in [2.75, 3.05) is 7.11 Å². The summed E-state index contributed by atoms with van der Waals surface area (Å²) < 4.78 is 12.0. The molecule has 0 bridgehead atoms. The molecule has 6 heteroatoms. The summed E-state index contributed by atoms with van der Waals surface area (Å²) in [6.07, 6.45) is -0.0369. The first kappa shape index (κ1) is 17.7. The van der Waals surface area contributed by atoms with E-state index >= 15 is 0 Å². The first-order valence-electron chi connectivity index (χ1n) is 8.78. The van der Waals surface area contributed by atoms with Gasteiger partial charge in [-0.2, -0.15) is 5.10 Å². The Balaban J connectivity index is 1.61. The Bertz CT molecular complexity index is 1260. The average Bonchev–Trinajstić information content (AvgIpc) is 2.71. The van der Waals surface area contributed by atoms with Crippen molar-refractivity contribution in [3.05, 3.63) is 76.7 Å². The minimum absolute atomic E-state index is 0.0369. The summed E-state index contributed by atoms with van der Waals surface area (Å²) >= 11 is 0. The molecule has 0 spiro atoms. The van der Waals surface area contributed by atoms with Gasteiger partial charge in [0.15, 0.2) is 0 Å². The summed E-state index contributed by atoms with van der Waals surface area (Å²) in [5.74, 6) is 0.732. The van der Waals surface area contributed by atoms with Crippen LogP contribution in [0.5, 0.6) is 11.5 Å². The van der Waals surface area contributed by atoms with E-state index in [1.54, 1.807) is 44.5 Å². The van der Waals surface area contributed by atoms with Gasteiger partial charge in [0.25, 0.3) is 5.56 Å². The van der Waals surface area contributed by atoms with E-state index in [0.29, 0.717) is 22.2 Å². The molecule has 0 amide bonds. The average molecular weight is 374 g/mol. The number of carbonyl (C=O) groups excluding carboxylic acids is 1. The van der Waals surface area contributed by atoms with Crippen LogP contribution in [0.15, 0.2) is 65.5 Å². The number of esters is 1. The number of ether oxygens (including phenoxy) is 2. The molecule has 0 aliphatic heterocycles. The van der Waals surface area contributed by atoms with Gasteiger partial charge in [-0.1, -0.05) is 30.3 Å². The topological polar surface area (TPSA) is 70.4 Å². The molecule has 0 atom stereocenters. The van der Waals surface area contributed by atoms with Crippen LogP contribution in [0.4, 0.5) is 0 Å². The van der Waals surface area contributed by atoms with Crippen LogP contribution in [0, 0.1) is 0 Å². The highest BCUT2D eigenvalue weighted by Crippen LogP contribution is 2.25. The number of hydrogen-bond acceptors (Lipinski definition) is 5. The third-order valence-electron chi connectivity index (χ3n) is 4.60. The van der Waals surface area contributed by atoms with E-state index in [2.05, 4.69) is 5.10 Å². The summed E-state index contributed by atoms with van der Waals surface area (Å²) in [6.45, 7) is 0. The lowest BCUT2D eigenvalue weighted by atomic mass is 10.1. The van der Waals surface area contributed by atoms with E-state index in [0.717, 1.165) is 16.5 Å². The molecule has 1 heterocycles. The van der Waals surface area contributed by atoms with Gasteiger partial charge in [-0.25, -0.2) is 4.68 Å². The highest BCUT2D eigenvalue weighted by Gasteiger charge is 2.14. The Labute approximate surface area is 160 Å². The molecule has 0 unspecified atom stereocenters. The minimum Gasteiger partial charge on any atom is -0.497 e. The van der Waals surface area contributed by atoms with Crippen molar-refractivity contribution in [3.8, 4) is 11.5 Å². The van der Waals surface area contributed by atoms with Crippen molar-refractivity contribution in [2.24, 2.45) is 7.05 Å². The zero-order chi connectivity index (χ0) is 19.7. The fourth-order valence-electron chi connectivity index (χ4n) is 3.20. The van der Waals surface area contributed by atoms with Crippen molar-refractivity contribution in [1.82, 2.24) is 9.78 Å². The Hall–Kier alpha value is -3.67. The van der Waals surface area contributed by atoms with Crippen LogP contribution in [0.3, 0.4) is 0 Å². The SMILES string of the molecule is COc1ccc2ccc(OC(=O)Cc3nn(C)c(=O)c4ccccc34)cc2c1. The van der Waals surface area contributed by atoms with Crippen LogP contribution >= 0.6 is 0 Å². The van der Waals surface area contributed by atoms with Crippen molar-refractivity contribution in [3.63, 3.8) is 0 Å². The number of nitrogens with zero attached hydrogens (tertiary/aromatic N) is 2. The van der Waals surface area contributed by atoms with E-state index < -0.39 is 5.97 Å². The molecule has 3 aromatic carbocycles. The first-order chi connectivity index (χ1) is 13.5. The number of benzene rings is 3. The number of aromatic nitrogens is 2. The Kier molecular flexibility index (Phi) is 4.53. The molecule has 1 aromatic heterocycles. The van der Waals surface area contributed by atoms with Crippen molar-refractivity contribution in [1.29, 1.82) is 0 Å². The van der Waals surface area contributed by atoms with Gasteiger partial charge in [0, 0.05) is 12.4 Å². The maximum atomic E-state index is 12.5. The maximum absolute atomic E-state index is 12.5. The Morgan fingerprint density at radius 1 is 0.964 bits per heavy atom. The lowest BCUT2D eigenvalue weighted by Crippen LogP contribution is -2.23. The zero-order valence-corrected chi connectivity index (χ0v) is 15.5. The maximum Gasteiger partial charge on any atom is 0.317 e. The standard InChI is InChI=1S/C22H18N2O4/c1-24-22(26)19-6-4-3-5-18(19)20(23-24)13-21(25)28-17-10-8-14-7-9-16(27-2)11-15(14)12-17/h3-12H,13H2,1-2H3. The smallest absolute Gasteiger partial charge is 0.317 e. The molecular formula is C22H18N2O4. The van der Waals surface area contributed by atoms with Crippen LogP contribution in [0.2, 0.25) is 0 Å². The second-order valence-corrected chi connectivity index (χ2v) is 6.45. The quantitative estimate of drug-likeness (QED) is 0.405. The van der Waals surface area contributed by atoms with Crippen LogP contribution in [-0.2, 0) is 18.3 Å². The van der Waals surface area contributed by atoms with E-state index in [9.17, 15) is 9.59 Å². The molecule has 140 valence electrons. The fourth-order valence-corrected chi connectivity index (χ4v) is 3.20. The second-order valence-electron chi connectivity index (χ2n) is 6.45. The Morgan fingerprint density at radius 2 is 1.64 bits per heavy atom. The lowest BCUT2D eigenvalue weighted by Gasteiger charge is -2.09. The third-order valence-corrected chi connectivity index (χ3v) is 4.60. The minimum atomic E-state index is -0.446. The molecule has 4 rings (SSSR count). The predicted octanol–water partition coefficient (Wildman–Crippen LogP) is 3.24. The van der Waals surface area contributed by atoms with Gasteiger partial charge in [0.1, 0.15) is 11.5 Å². The predicted molar refractivity (Wildman–Crippen MR) is 107 cm³/mol. The van der Waals surface area contributed by atoms with E-state index in [1.807, 2.05) is 30.3 Å². The summed E-state index contributed by atoms with van der Waals surface area (Å²) in [7, 11) is 3.18. The van der Waals surface area contributed by atoms with Gasteiger partial charge in [-0.05, 0) is 41.1 Å². The molecule has 0 aliphatic rings. The number of carbonyl (C=O) groups is 1. The van der Waals surface area contributed by atoms with Crippen LogP contribution in [-0.4, -0.2) is 22.9 Å². The summed E-state index contributed by atoms with van der Waals surface area (Å²) in [5, 5.41) is 7.36. The second kappa shape index (κ2) is 7.15. The van der Waals surface area contributed by atoms with E-state index in [1.165, 1.54) is 4.68 Å². The van der Waals surface area contributed by atoms with E-state index in [4.69, 9.17) is 9.47 Å². The monoisotopic (exact) mass is 374 g/mol. The van der Waals surface area contributed by atoms with Gasteiger partial charge in [0.05, 0.1) is 24.6 Å².